The molecule has 12 rings (SSSR count). The van der Waals surface area contributed by atoms with Gasteiger partial charge < -0.3 is 13.6 Å². The Morgan fingerprint density at radius 1 is 0.281 bits per heavy atom. The maximum Gasteiger partial charge on any atom is 0.135 e. The molecule has 0 aliphatic heterocycles. The van der Waals surface area contributed by atoms with Gasteiger partial charge in [0.15, 0.2) is 0 Å². The van der Waals surface area contributed by atoms with Crippen LogP contribution in [-0.4, -0.2) is 9.13 Å². The summed E-state index contributed by atoms with van der Waals surface area (Å²) in [6, 6.07) is 74.6. The molecule has 3 heterocycles. The first-order chi connectivity index (χ1) is 28.3. The van der Waals surface area contributed by atoms with E-state index in [-0.39, 0.29) is 0 Å². The molecule has 0 spiro atoms. The molecule has 0 bridgehead atoms. The number of benzene rings is 9. The van der Waals surface area contributed by atoms with Crippen LogP contribution in [0.25, 0.3) is 110 Å². The second-order valence-corrected chi connectivity index (χ2v) is 14.9. The van der Waals surface area contributed by atoms with Crippen molar-refractivity contribution in [3.8, 4) is 44.8 Å². The van der Waals surface area contributed by atoms with E-state index in [0.29, 0.717) is 0 Å². The van der Waals surface area contributed by atoms with Gasteiger partial charge in [0, 0.05) is 43.7 Å². The van der Waals surface area contributed by atoms with Gasteiger partial charge in [-0.15, -0.1) is 0 Å². The fourth-order valence-electron chi connectivity index (χ4n) is 9.22. The summed E-state index contributed by atoms with van der Waals surface area (Å²) in [6.07, 6.45) is 0. The Bertz CT molecular complexity index is 3450. The first-order valence-corrected chi connectivity index (χ1v) is 19.5. The molecule has 9 aromatic carbocycles. The third kappa shape index (κ3) is 4.86. The van der Waals surface area contributed by atoms with Crippen LogP contribution in [0.4, 0.5) is 0 Å². The molecule has 0 amide bonds. The Balaban J connectivity index is 1.07. The lowest BCUT2D eigenvalue weighted by Crippen LogP contribution is -1.96. The Labute approximate surface area is 328 Å². The van der Waals surface area contributed by atoms with Gasteiger partial charge in [-0.2, -0.15) is 0 Å². The molecule has 0 saturated heterocycles. The standard InChI is InChI=1S/C54H34N2O/c1-3-14-35(15-4-1)40-21-13-22-41(36-16-5-2-6-17-36)54(40)37-26-29-50-45(32-37)42-18-7-10-23-48(42)55(50)38-27-30-51-46(33-38)43-19-8-11-24-49(43)56(51)39-28-31-53-47(34-39)44-20-9-12-25-52(44)57-53/h1-34H. The van der Waals surface area contributed by atoms with Crippen molar-refractivity contribution in [3.63, 3.8) is 0 Å². The van der Waals surface area contributed by atoms with Crippen molar-refractivity contribution in [2.45, 2.75) is 0 Å². The molecule has 0 radical (unpaired) electrons. The minimum absolute atomic E-state index is 0.900. The number of para-hydroxylation sites is 3. The second kappa shape index (κ2) is 12.5. The molecule has 0 N–H and O–H groups in total. The summed E-state index contributed by atoms with van der Waals surface area (Å²) in [5, 5.41) is 7.15. The summed E-state index contributed by atoms with van der Waals surface area (Å²) in [4.78, 5) is 0. The van der Waals surface area contributed by atoms with Crippen molar-refractivity contribution in [2.24, 2.45) is 0 Å². The predicted molar refractivity (Wildman–Crippen MR) is 239 cm³/mol. The van der Waals surface area contributed by atoms with Crippen LogP contribution in [0.1, 0.15) is 0 Å². The summed E-state index contributed by atoms with van der Waals surface area (Å²) >= 11 is 0. The maximum absolute atomic E-state index is 6.20. The Hall–Kier alpha value is -7.62. The van der Waals surface area contributed by atoms with Crippen molar-refractivity contribution < 1.29 is 4.42 Å². The van der Waals surface area contributed by atoms with E-state index in [4.69, 9.17) is 4.42 Å². The molecule has 57 heavy (non-hydrogen) atoms. The molecule has 12 aromatic rings. The van der Waals surface area contributed by atoms with Gasteiger partial charge in [0.05, 0.1) is 22.1 Å². The van der Waals surface area contributed by atoms with Crippen LogP contribution < -0.4 is 0 Å². The van der Waals surface area contributed by atoms with Crippen molar-refractivity contribution in [1.82, 2.24) is 9.13 Å². The van der Waals surface area contributed by atoms with E-state index in [9.17, 15) is 0 Å². The van der Waals surface area contributed by atoms with E-state index in [0.717, 1.165) is 33.3 Å². The minimum atomic E-state index is 0.900. The van der Waals surface area contributed by atoms with Crippen LogP contribution in [0.15, 0.2) is 211 Å². The Kier molecular flexibility index (Phi) is 6.93. The molecule has 0 aliphatic rings. The zero-order valence-electron chi connectivity index (χ0n) is 30.9. The molecule has 3 heteroatoms. The summed E-state index contributed by atoms with van der Waals surface area (Å²) in [5.41, 5.74) is 16.1. The van der Waals surface area contributed by atoms with Gasteiger partial charge >= 0.3 is 0 Å². The van der Waals surface area contributed by atoms with E-state index in [1.165, 1.54) is 77.0 Å². The number of hydrogen-bond acceptors (Lipinski definition) is 1. The van der Waals surface area contributed by atoms with Crippen LogP contribution in [-0.2, 0) is 0 Å². The second-order valence-electron chi connectivity index (χ2n) is 14.9. The normalized spacial score (nSPS) is 11.9. The first kappa shape index (κ1) is 31.7. The zero-order valence-corrected chi connectivity index (χ0v) is 30.9. The molecule has 3 nitrogen and oxygen atoms in total. The average Bonchev–Trinajstić information content (AvgIpc) is 3.93. The number of aromatic nitrogens is 2. The molecule has 266 valence electrons. The number of rotatable bonds is 5. The molecule has 0 unspecified atom stereocenters. The van der Waals surface area contributed by atoms with Crippen LogP contribution in [0.5, 0.6) is 0 Å². The molecule has 3 aromatic heterocycles. The SMILES string of the molecule is c1ccc(-c2cccc(-c3ccccc3)c2-c2ccc3c(c2)c2ccccc2n3-c2ccc3c(c2)c2ccccc2n3-c2ccc3oc4ccccc4c3c2)cc1. The van der Waals surface area contributed by atoms with Crippen molar-refractivity contribution in [3.05, 3.63) is 206 Å². The maximum atomic E-state index is 6.20. The molecule has 0 saturated carbocycles. The van der Waals surface area contributed by atoms with Gasteiger partial charge in [0.2, 0.25) is 0 Å². The molecule has 0 atom stereocenters. The Morgan fingerprint density at radius 2 is 0.754 bits per heavy atom. The Morgan fingerprint density at radius 3 is 1.40 bits per heavy atom. The quantitative estimate of drug-likeness (QED) is 0.173. The van der Waals surface area contributed by atoms with Gasteiger partial charge in [-0.1, -0.05) is 140 Å². The highest BCUT2D eigenvalue weighted by Crippen LogP contribution is 2.43. The minimum Gasteiger partial charge on any atom is -0.456 e. The summed E-state index contributed by atoms with van der Waals surface area (Å²) in [6.45, 7) is 0. The smallest absolute Gasteiger partial charge is 0.135 e. The van der Waals surface area contributed by atoms with Gasteiger partial charge in [0.1, 0.15) is 11.2 Å². The average molecular weight is 727 g/mol. The van der Waals surface area contributed by atoms with Gasteiger partial charge in [-0.3, -0.25) is 0 Å². The number of hydrogen-bond donors (Lipinski definition) is 0. The molecule has 0 fully saturated rings. The van der Waals surface area contributed by atoms with Gasteiger partial charge in [-0.05, 0) is 100 Å². The summed E-state index contributed by atoms with van der Waals surface area (Å²) < 4.78 is 11.0. The number of nitrogens with zero attached hydrogens (tertiary/aromatic N) is 2. The lowest BCUT2D eigenvalue weighted by atomic mass is 9.87. The summed E-state index contributed by atoms with van der Waals surface area (Å²) in [7, 11) is 0. The number of furan rings is 1. The van der Waals surface area contributed by atoms with E-state index >= 15 is 0 Å². The van der Waals surface area contributed by atoms with Crippen molar-refractivity contribution in [2.75, 3.05) is 0 Å². The number of fused-ring (bicyclic) bond motifs is 9. The monoisotopic (exact) mass is 726 g/mol. The van der Waals surface area contributed by atoms with Crippen molar-refractivity contribution in [1.29, 1.82) is 0 Å². The largest absolute Gasteiger partial charge is 0.456 e. The molecular formula is C54H34N2O. The third-order valence-corrected chi connectivity index (χ3v) is 11.7. The first-order valence-electron chi connectivity index (χ1n) is 19.5. The highest BCUT2D eigenvalue weighted by Gasteiger charge is 2.20. The predicted octanol–water partition coefficient (Wildman–Crippen LogP) is 14.8. The van der Waals surface area contributed by atoms with Crippen molar-refractivity contribution >= 4 is 65.6 Å². The van der Waals surface area contributed by atoms with E-state index in [2.05, 4.69) is 203 Å². The lowest BCUT2D eigenvalue weighted by molar-refractivity contribution is 0.669. The third-order valence-electron chi connectivity index (χ3n) is 11.7. The fourth-order valence-corrected chi connectivity index (χ4v) is 9.22. The van der Waals surface area contributed by atoms with Crippen LogP contribution in [0.2, 0.25) is 0 Å². The van der Waals surface area contributed by atoms with Crippen LogP contribution in [0.3, 0.4) is 0 Å². The fraction of sp³-hybridized carbons (Fsp3) is 0. The van der Waals surface area contributed by atoms with Crippen LogP contribution in [0, 0.1) is 0 Å². The topological polar surface area (TPSA) is 23.0 Å². The molecular weight excluding hydrogens is 693 g/mol. The highest BCUT2D eigenvalue weighted by atomic mass is 16.3. The van der Waals surface area contributed by atoms with Gasteiger partial charge in [0.25, 0.3) is 0 Å². The van der Waals surface area contributed by atoms with E-state index in [1.54, 1.807) is 0 Å². The van der Waals surface area contributed by atoms with E-state index in [1.807, 2.05) is 12.1 Å². The van der Waals surface area contributed by atoms with Crippen LogP contribution >= 0.6 is 0 Å². The summed E-state index contributed by atoms with van der Waals surface area (Å²) in [5.74, 6) is 0. The zero-order chi connectivity index (χ0) is 37.5. The highest BCUT2D eigenvalue weighted by molar-refractivity contribution is 6.14. The van der Waals surface area contributed by atoms with Gasteiger partial charge in [-0.25, -0.2) is 0 Å². The molecule has 0 aliphatic carbocycles. The lowest BCUT2D eigenvalue weighted by Gasteiger charge is -2.17. The van der Waals surface area contributed by atoms with E-state index < -0.39 is 0 Å².